The molecule has 160 valence electrons. The minimum Gasteiger partial charge on any atom is -0.490 e. The average molecular weight is 414 g/mol. The number of rotatable bonds is 9. The van der Waals surface area contributed by atoms with E-state index in [1.165, 1.54) is 43.3 Å². The van der Waals surface area contributed by atoms with Gasteiger partial charge in [-0.15, -0.1) is 0 Å². The minimum absolute atomic E-state index is 0.144. The Bertz CT molecular complexity index is 895. The maximum Gasteiger partial charge on any atom is 0.337 e. The van der Waals surface area contributed by atoms with E-state index < -0.39 is 5.97 Å². The zero-order valence-electron chi connectivity index (χ0n) is 17.6. The number of carbonyl (C=O) groups is 3. The van der Waals surface area contributed by atoms with E-state index >= 15 is 0 Å². The van der Waals surface area contributed by atoms with Crippen LogP contribution in [0.3, 0.4) is 0 Å². The first-order valence-corrected chi connectivity index (χ1v) is 9.52. The highest BCUT2D eigenvalue weighted by Crippen LogP contribution is 2.30. The predicted octanol–water partition coefficient (Wildman–Crippen LogP) is 2.98. The van der Waals surface area contributed by atoms with Gasteiger partial charge in [-0.25, -0.2) is 4.79 Å². The van der Waals surface area contributed by atoms with Crippen LogP contribution in [0, 0.1) is 0 Å². The zero-order valence-corrected chi connectivity index (χ0v) is 17.6. The fourth-order valence-electron chi connectivity index (χ4n) is 2.70. The standard InChI is InChI=1S/C22H26N2O6/c1-5-29-18-12-11-17(13-19(18)30-6-2)23-20(25)14-24(3)21(26)15-7-9-16(10-8-15)22(27)28-4/h7-13H,5-6,14H2,1-4H3,(H,23,25). The molecular formula is C22H26N2O6. The van der Waals surface area contributed by atoms with Crippen LogP contribution in [0.1, 0.15) is 34.6 Å². The van der Waals surface area contributed by atoms with Crippen LogP contribution in [0.25, 0.3) is 0 Å². The molecule has 1 N–H and O–H groups in total. The van der Waals surface area contributed by atoms with Gasteiger partial charge in [0, 0.05) is 24.4 Å². The van der Waals surface area contributed by atoms with Crippen molar-refractivity contribution in [3.8, 4) is 11.5 Å². The van der Waals surface area contributed by atoms with Crippen molar-refractivity contribution in [2.24, 2.45) is 0 Å². The number of hydrogen-bond donors (Lipinski definition) is 1. The van der Waals surface area contributed by atoms with Crippen molar-refractivity contribution < 1.29 is 28.6 Å². The van der Waals surface area contributed by atoms with Gasteiger partial charge in [0.15, 0.2) is 11.5 Å². The third-order valence-electron chi connectivity index (χ3n) is 4.11. The molecule has 2 rings (SSSR count). The fourth-order valence-corrected chi connectivity index (χ4v) is 2.70. The number of nitrogens with zero attached hydrogens (tertiary/aromatic N) is 1. The molecule has 0 radical (unpaired) electrons. The lowest BCUT2D eigenvalue weighted by Gasteiger charge is -2.18. The van der Waals surface area contributed by atoms with E-state index in [2.05, 4.69) is 10.1 Å². The molecule has 0 atom stereocenters. The predicted molar refractivity (Wildman–Crippen MR) is 112 cm³/mol. The second-order valence-corrected chi connectivity index (χ2v) is 6.31. The Balaban J connectivity index is 2.00. The first-order valence-electron chi connectivity index (χ1n) is 9.52. The van der Waals surface area contributed by atoms with Crippen molar-refractivity contribution in [3.63, 3.8) is 0 Å². The number of carbonyl (C=O) groups excluding carboxylic acids is 3. The monoisotopic (exact) mass is 414 g/mol. The van der Waals surface area contributed by atoms with Gasteiger partial charge in [0.05, 0.1) is 32.4 Å². The number of likely N-dealkylation sites (N-methyl/N-ethyl adjacent to an activating group) is 1. The van der Waals surface area contributed by atoms with Gasteiger partial charge in [0.1, 0.15) is 0 Å². The number of amides is 2. The highest BCUT2D eigenvalue weighted by molar-refractivity contribution is 6.00. The average Bonchev–Trinajstić information content (AvgIpc) is 2.74. The number of ether oxygens (including phenoxy) is 3. The number of anilines is 1. The van der Waals surface area contributed by atoms with Gasteiger partial charge in [-0.3, -0.25) is 9.59 Å². The Morgan fingerprint density at radius 1 is 0.900 bits per heavy atom. The lowest BCUT2D eigenvalue weighted by molar-refractivity contribution is -0.116. The van der Waals surface area contributed by atoms with E-state index in [1.807, 2.05) is 13.8 Å². The second-order valence-electron chi connectivity index (χ2n) is 6.31. The topological polar surface area (TPSA) is 94.2 Å². The molecule has 0 bridgehead atoms. The molecule has 2 amide bonds. The molecule has 30 heavy (non-hydrogen) atoms. The Hall–Kier alpha value is -3.55. The highest BCUT2D eigenvalue weighted by atomic mass is 16.5. The van der Waals surface area contributed by atoms with Crippen molar-refractivity contribution in [3.05, 3.63) is 53.6 Å². The van der Waals surface area contributed by atoms with Gasteiger partial charge in [-0.05, 0) is 50.2 Å². The molecule has 0 aliphatic carbocycles. The zero-order chi connectivity index (χ0) is 22.1. The summed E-state index contributed by atoms with van der Waals surface area (Å²) in [6.45, 7) is 4.55. The van der Waals surface area contributed by atoms with E-state index in [4.69, 9.17) is 9.47 Å². The fraction of sp³-hybridized carbons (Fsp3) is 0.318. The molecule has 0 aliphatic heterocycles. The van der Waals surface area contributed by atoms with Gasteiger partial charge < -0.3 is 24.4 Å². The molecular weight excluding hydrogens is 388 g/mol. The Kier molecular flexibility index (Phi) is 8.22. The smallest absolute Gasteiger partial charge is 0.337 e. The van der Waals surface area contributed by atoms with Gasteiger partial charge >= 0.3 is 5.97 Å². The van der Waals surface area contributed by atoms with Crippen LogP contribution in [0.5, 0.6) is 11.5 Å². The molecule has 0 heterocycles. The SMILES string of the molecule is CCOc1ccc(NC(=O)CN(C)C(=O)c2ccc(C(=O)OC)cc2)cc1OCC. The lowest BCUT2D eigenvalue weighted by Crippen LogP contribution is -2.34. The van der Waals surface area contributed by atoms with Gasteiger partial charge in [0.25, 0.3) is 5.91 Å². The van der Waals surface area contributed by atoms with Crippen LogP contribution in [-0.4, -0.2) is 56.6 Å². The first kappa shape index (κ1) is 22.7. The molecule has 0 spiro atoms. The first-order chi connectivity index (χ1) is 14.4. The summed E-state index contributed by atoms with van der Waals surface area (Å²) in [5, 5.41) is 2.75. The Morgan fingerprint density at radius 2 is 1.50 bits per heavy atom. The van der Waals surface area contributed by atoms with E-state index in [0.717, 1.165) is 0 Å². The third-order valence-corrected chi connectivity index (χ3v) is 4.11. The normalized spacial score (nSPS) is 10.1. The van der Waals surface area contributed by atoms with Gasteiger partial charge in [0.2, 0.25) is 5.91 Å². The molecule has 0 fully saturated rings. The largest absolute Gasteiger partial charge is 0.490 e. The summed E-state index contributed by atoms with van der Waals surface area (Å²) in [5.41, 5.74) is 1.24. The minimum atomic E-state index is -0.483. The Morgan fingerprint density at radius 3 is 2.10 bits per heavy atom. The summed E-state index contributed by atoms with van der Waals surface area (Å²) < 4.78 is 15.7. The molecule has 2 aromatic carbocycles. The maximum absolute atomic E-state index is 12.5. The summed E-state index contributed by atoms with van der Waals surface area (Å²) >= 11 is 0. The molecule has 0 aliphatic rings. The van der Waals surface area contributed by atoms with Gasteiger partial charge in [-0.1, -0.05) is 0 Å². The summed E-state index contributed by atoms with van der Waals surface area (Å²) in [6, 6.07) is 11.2. The molecule has 0 aromatic heterocycles. The number of nitrogens with one attached hydrogen (secondary N) is 1. The lowest BCUT2D eigenvalue weighted by atomic mass is 10.1. The summed E-state index contributed by atoms with van der Waals surface area (Å²) in [5.74, 6) is -0.0530. The Labute approximate surface area is 175 Å². The highest BCUT2D eigenvalue weighted by Gasteiger charge is 2.16. The van der Waals surface area contributed by atoms with Crippen LogP contribution in [0.2, 0.25) is 0 Å². The maximum atomic E-state index is 12.5. The van der Waals surface area contributed by atoms with Crippen molar-refractivity contribution in [1.29, 1.82) is 0 Å². The molecule has 2 aromatic rings. The van der Waals surface area contributed by atoms with Crippen molar-refractivity contribution in [2.45, 2.75) is 13.8 Å². The number of methoxy groups -OCH3 is 1. The van der Waals surface area contributed by atoms with Crippen molar-refractivity contribution in [1.82, 2.24) is 4.90 Å². The van der Waals surface area contributed by atoms with E-state index in [-0.39, 0.29) is 18.4 Å². The molecule has 0 unspecified atom stereocenters. The van der Waals surface area contributed by atoms with Crippen LogP contribution >= 0.6 is 0 Å². The van der Waals surface area contributed by atoms with E-state index in [1.54, 1.807) is 18.2 Å². The summed E-state index contributed by atoms with van der Waals surface area (Å²) in [6.07, 6.45) is 0. The van der Waals surface area contributed by atoms with E-state index in [0.29, 0.717) is 41.5 Å². The van der Waals surface area contributed by atoms with Crippen LogP contribution in [-0.2, 0) is 9.53 Å². The summed E-state index contributed by atoms with van der Waals surface area (Å²) in [4.78, 5) is 37.7. The quantitative estimate of drug-likeness (QED) is 0.634. The van der Waals surface area contributed by atoms with Crippen LogP contribution in [0.4, 0.5) is 5.69 Å². The molecule has 8 nitrogen and oxygen atoms in total. The van der Waals surface area contributed by atoms with Gasteiger partial charge in [-0.2, -0.15) is 0 Å². The molecule has 0 saturated heterocycles. The van der Waals surface area contributed by atoms with Crippen molar-refractivity contribution >= 4 is 23.5 Å². The summed E-state index contributed by atoms with van der Waals surface area (Å²) in [7, 11) is 2.81. The number of hydrogen-bond acceptors (Lipinski definition) is 6. The van der Waals surface area contributed by atoms with Crippen LogP contribution in [0.15, 0.2) is 42.5 Å². The van der Waals surface area contributed by atoms with E-state index in [9.17, 15) is 14.4 Å². The van der Waals surface area contributed by atoms with Crippen molar-refractivity contribution in [2.75, 3.05) is 39.2 Å². The second kappa shape index (κ2) is 10.8. The number of esters is 1. The molecule has 8 heteroatoms. The number of benzene rings is 2. The third kappa shape index (κ3) is 5.97. The van der Waals surface area contributed by atoms with Crippen LogP contribution < -0.4 is 14.8 Å². The molecule has 0 saturated carbocycles.